The second-order valence-electron chi connectivity index (χ2n) is 10.5. The van der Waals surface area contributed by atoms with E-state index in [1.807, 2.05) is 23.2 Å². The number of benzene rings is 2. The second kappa shape index (κ2) is 11.2. The Bertz CT molecular complexity index is 1480. The van der Waals surface area contributed by atoms with E-state index in [0.29, 0.717) is 17.5 Å². The van der Waals surface area contributed by atoms with Crippen LogP contribution >= 0.6 is 11.6 Å². The number of hydrazine groups is 1. The molecule has 1 aliphatic heterocycles. The Morgan fingerprint density at radius 2 is 1.95 bits per heavy atom. The molecule has 3 aromatic rings. The van der Waals surface area contributed by atoms with E-state index in [9.17, 15) is 9.18 Å². The number of allylic oxidation sites excluding steroid dienone is 4. The van der Waals surface area contributed by atoms with Crippen molar-refractivity contribution in [3.63, 3.8) is 0 Å². The van der Waals surface area contributed by atoms with Crippen LogP contribution in [0, 0.1) is 17.7 Å². The number of hydrogen-bond acceptors (Lipinski definition) is 4. The normalized spacial score (nSPS) is 20.2. The molecule has 0 spiro atoms. The minimum absolute atomic E-state index is 0.139. The fourth-order valence-electron chi connectivity index (χ4n) is 6.10. The summed E-state index contributed by atoms with van der Waals surface area (Å²) in [5, 5.41) is 8.75. The van der Waals surface area contributed by atoms with Crippen LogP contribution in [0.2, 0.25) is 5.02 Å². The number of halogens is 2. The molecule has 1 unspecified atom stereocenters. The maximum absolute atomic E-state index is 13.5. The molecule has 3 N–H and O–H groups in total. The highest BCUT2D eigenvalue weighted by Crippen LogP contribution is 2.49. The number of aromatic nitrogens is 1. The van der Waals surface area contributed by atoms with E-state index in [1.54, 1.807) is 30.5 Å². The van der Waals surface area contributed by atoms with E-state index in [2.05, 4.69) is 52.4 Å². The summed E-state index contributed by atoms with van der Waals surface area (Å²) in [6.45, 7) is 2.58. The van der Waals surface area contributed by atoms with Crippen LogP contribution in [0.25, 0.3) is 0 Å². The summed E-state index contributed by atoms with van der Waals surface area (Å²) < 4.78 is 13.5. The summed E-state index contributed by atoms with van der Waals surface area (Å²) in [5.74, 6) is 0.330. The number of pyridine rings is 1. The van der Waals surface area contributed by atoms with Crippen LogP contribution in [0.5, 0.6) is 0 Å². The molecule has 0 saturated heterocycles. The first kappa shape index (κ1) is 26.1. The van der Waals surface area contributed by atoms with Gasteiger partial charge in [0.1, 0.15) is 5.82 Å². The molecule has 6 nitrogen and oxygen atoms in total. The lowest BCUT2D eigenvalue weighted by molar-refractivity contribution is 0.234. The summed E-state index contributed by atoms with van der Waals surface area (Å²) in [7, 11) is 0. The number of hydrogen-bond donors (Lipinski definition) is 3. The smallest absolute Gasteiger partial charge is 0.315 e. The van der Waals surface area contributed by atoms with Crippen molar-refractivity contribution in [3.05, 3.63) is 130 Å². The average Bonchev–Trinajstić information content (AvgIpc) is 3.58. The van der Waals surface area contributed by atoms with Crippen molar-refractivity contribution < 1.29 is 9.18 Å². The molecule has 40 heavy (non-hydrogen) atoms. The highest BCUT2D eigenvalue weighted by atomic mass is 35.5. The molecular weight excluding hydrogens is 525 g/mol. The van der Waals surface area contributed by atoms with E-state index >= 15 is 0 Å². The Balaban J connectivity index is 1.20. The number of nitrogens with one attached hydrogen (secondary N) is 3. The van der Waals surface area contributed by atoms with Gasteiger partial charge in [-0.2, -0.15) is 0 Å². The first-order valence-corrected chi connectivity index (χ1v) is 14.0. The van der Waals surface area contributed by atoms with Gasteiger partial charge in [-0.3, -0.25) is 9.99 Å². The van der Waals surface area contributed by atoms with Crippen molar-refractivity contribution in [2.45, 2.75) is 38.8 Å². The summed E-state index contributed by atoms with van der Waals surface area (Å²) in [6.07, 6.45) is 8.76. The van der Waals surface area contributed by atoms with Crippen LogP contribution < -0.4 is 21.1 Å². The molecule has 0 radical (unpaired) electrons. The number of amides is 2. The first-order chi connectivity index (χ1) is 19.5. The molecule has 8 heteroatoms. The van der Waals surface area contributed by atoms with Crippen molar-refractivity contribution >= 4 is 23.3 Å². The molecule has 2 amide bonds. The van der Waals surface area contributed by atoms with Crippen molar-refractivity contribution in [2.24, 2.45) is 11.8 Å². The Kier molecular flexibility index (Phi) is 7.30. The molecule has 204 valence electrons. The highest BCUT2D eigenvalue weighted by Gasteiger charge is 2.39. The minimum Gasteiger partial charge on any atom is -0.332 e. The molecule has 2 heterocycles. The zero-order valence-electron chi connectivity index (χ0n) is 22.2. The van der Waals surface area contributed by atoms with Crippen molar-refractivity contribution in [2.75, 3.05) is 5.01 Å². The number of carbonyl (C=O) groups excluding carboxylic acids is 1. The van der Waals surface area contributed by atoms with Crippen molar-refractivity contribution in [1.82, 2.24) is 21.0 Å². The van der Waals surface area contributed by atoms with Gasteiger partial charge in [-0.15, -0.1) is 0 Å². The third-order valence-electron chi connectivity index (χ3n) is 8.03. The number of anilines is 1. The Hall–Kier alpha value is -4.10. The topological polar surface area (TPSA) is 69.3 Å². The van der Waals surface area contributed by atoms with Crippen molar-refractivity contribution in [3.8, 4) is 0 Å². The van der Waals surface area contributed by atoms with Gasteiger partial charge in [0.25, 0.3) is 0 Å². The predicted molar refractivity (Wildman–Crippen MR) is 156 cm³/mol. The third kappa shape index (κ3) is 5.34. The van der Waals surface area contributed by atoms with Crippen LogP contribution in [0.3, 0.4) is 0 Å². The van der Waals surface area contributed by atoms with E-state index in [4.69, 9.17) is 11.6 Å². The van der Waals surface area contributed by atoms with Crippen LogP contribution in [0.1, 0.15) is 43.5 Å². The third-order valence-corrected chi connectivity index (χ3v) is 8.26. The van der Waals surface area contributed by atoms with Gasteiger partial charge in [-0.25, -0.2) is 9.18 Å². The largest absolute Gasteiger partial charge is 0.332 e. The fraction of sp³-hybridized carbons (Fsp3) is 0.250. The molecule has 3 aliphatic rings. The van der Waals surface area contributed by atoms with Gasteiger partial charge in [0.05, 0.1) is 34.7 Å². The number of fused-ring (bicyclic) bond motifs is 1. The first-order valence-electron chi connectivity index (χ1n) is 13.6. The van der Waals surface area contributed by atoms with Gasteiger partial charge in [0.15, 0.2) is 0 Å². The zero-order chi connectivity index (χ0) is 27.6. The van der Waals surface area contributed by atoms with Gasteiger partial charge >= 0.3 is 6.03 Å². The summed E-state index contributed by atoms with van der Waals surface area (Å²) in [5.41, 5.74) is 11.3. The molecule has 0 bridgehead atoms. The molecule has 1 aromatic heterocycles. The number of urea groups is 1. The van der Waals surface area contributed by atoms with Gasteiger partial charge < -0.3 is 16.1 Å². The molecular formula is C32H31ClFN5O. The van der Waals surface area contributed by atoms with E-state index in [-0.39, 0.29) is 23.8 Å². The van der Waals surface area contributed by atoms with Gasteiger partial charge in [-0.1, -0.05) is 54.4 Å². The van der Waals surface area contributed by atoms with E-state index in [1.165, 1.54) is 28.9 Å². The SMILES string of the molecule is C[C@H]1C2=CNN(c3ccc(F)cc3)C2=CC2=C1[C@@H](CC(NC(=O)NCc1ccc(Cl)cn1)c1ccccc1)CC2. The van der Waals surface area contributed by atoms with E-state index < -0.39 is 0 Å². The molecule has 2 aliphatic carbocycles. The predicted octanol–water partition coefficient (Wildman–Crippen LogP) is 6.95. The molecule has 0 saturated carbocycles. The number of carbonyl (C=O) groups is 1. The van der Waals surface area contributed by atoms with Crippen LogP contribution in [0.15, 0.2) is 108 Å². The zero-order valence-corrected chi connectivity index (χ0v) is 23.0. The lowest BCUT2D eigenvalue weighted by Gasteiger charge is -2.31. The summed E-state index contributed by atoms with van der Waals surface area (Å²) in [4.78, 5) is 17.2. The number of rotatable bonds is 7. The molecule has 6 rings (SSSR count). The van der Waals surface area contributed by atoms with Gasteiger partial charge in [0.2, 0.25) is 0 Å². The van der Waals surface area contributed by atoms with Crippen LogP contribution in [-0.2, 0) is 6.54 Å². The van der Waals surface area contributed by atoms with Crippen LogP contribution in [-0.4, -0.2) is 11.0 Å². The molecule has 2 aromatic carbocycles. The summed E-state index contributed by atoms with van der Waals surface area (Å²) in [6, 6.07) is 19.9. The fourth-order valence-corrected chi connectivity index (χ4v) is 6.21. The minimum atomic E-state index is -0.248. The lowest BCUT2D eigenvalue weighted by Crippen LogP contribution is -2.38. The van der Waals surface area contributed by atoms with Crippen LogP contribution in [0.4, 0.5) is 14.9 Å². The lowest BCUT2D eigenvalue weighted by atomic mass is 9.78. The quantitative estimate of drug-likeness (QED) is 0.295. The van der Waals surface area contributed by atoms with E-state index in [0.717, 1.165) is 41.9 Å². The number of nitrogens with zero attached hydrogens (tertiary/aromatic N) is 2. The highest BCUT2D eigenvalue weighted by molar-refractivity contribution is 6.30. The van der Waals surface area contributed by atoms with Crippen molar-refractivity contribution in [1.29, 1.82) is 0 Å². The van der Waals surface area contributed by atoms with Gasteiger partial charge in [-0.05, 0) is 78.8 Å². The standard InChI is InChI=1S/C32H31ClFN5O/c1-20-28-19-37-39(27-13-10-25(34)11-14-27)30(28)16-23-8-7-22(31(20)23)15-29(21-5-3-2-4-6-21)38-32(40)36-18-26-12-9-24(33)17-35-26/h2-6,9-14,16-17,19-20,22,29,37H,7-8,15,18H2,1H3,(H2,36,38,40)/t20-,22+,29?/m0/s1. The maximum atomic E-state index is 13.5. The summed E-state index contributed by atoms with van der Waals surface area (Å²) >= 11 is 5.93. The Labute approximate surface area is 238 Å². The molecule has 0 fully saturated rings. The Morgan fingerprint density at radius 3 is 2.70 bits per heavy atom. The second-order valence-corrected chi connectivity index (χ2v) is 10.9. The Morgan fingerprint density at radius 1 is 1.15 bits per heavy atom. The monoisotopic (exact) mass is 555 g/mol. The average molecular weight is 556 g/mol. The maximum Gasteiger partial charge on any atom is 0.315 e. The van der Waals surface area contributed by atoms with Gasteiger partial charge in [0, 0.05) is 23.9 Å². The molecule has 3 atom stereocenters.